The molecule has 0 radical (unpaired) electrons. The van der Waals surface area contributed by atoms with Crippen LogP contribution >= 0.6 is 0 Å². The van der Waals surface area contributed by atoms with Gasteiger partial charge < -0.3 is 14.6 Å². The van der Waals surface area contributed by atoms with Gasteiger partial charge in [-0.1, -0.05) is 0 Å². The molecule has 0 saturated carbocycles. The molecule has 26 heavy (non-hydrogen) atoms. The Morgan fingerprint density at radius 2 is 1.92 bits per heavy atom. The van der Waals surface area contributed by atoms with E-state index in [1.807, 2.05) is 13.8 Å². The molecular formula is C17H24F3N3O3. The number of hydrogen-bond donors (Lipinski definition) is 1. The first kappa shape index (κ1) is 20.4. The summed E-state index contributed by atoms with van der Waals surface area (Å²) in [5.41, 5.74) is -1.61. The van der Waals surface area contributed by atoms with Crippen LogP contribution in [-0.4, -0.2) is 53.8 Å². The Bertz CT molecular complexity index is 665. The van der Waals surface area contributed by atoms with Crippen molar-refractivity contribution in [2.24, 2.45) is 0 Å². The molecule has 2 unspecified atom stereocenters. The number of nitrogens with zero attached hydrogens (tertiary/aromatic N) is 2. The topological polar surface area (TPSA) is 63.6 Å². The minimum Gasteiger partial charge on any atom is -0.373 e. The van der Waals surface area contributed by atoms with E-state index in [0.29, 0.717) is 25.2 Å². The molecule has 2 atom stereocenters. The third kappa shape index (κ3) is 6.14. The second kappa shape index (κ2) is 8.68. The fourth-order valence-corrected chi connectivity index (χ4v) is 3.03. The number of morpholine rings is 1. The van der Waals surface area contributed by atoms with Gasteiger partial charge in [0.2, 0.25) is 5.91 Å². The summed E-state index contributed by atoms with van der Waals surface area (Å²) in [6.45, 7) is 6.44. The number of ether oxygens (including phenoxy) is 1. The average molecular weight is 375 g/mol. The van der Waals surface area contributed by atoms with E-state index < -0.39 is 29.8 Å². The molecule has 6 nitrogen and oxygen atoms in total. The predicted octanol–water partition coefficient (Wildman–Crippen LogP) is 1.48. The fourth-order valence-electron chi connectivity index (χ4n) is 3.03. The second-order valence-electron chi connectivity index (χ2n) is 6.60. The van der Waals surface area contributed by atoms with Crippen LogP contribution in [0.1, 0.15) is 25.8 Å². The molecule has 1 saturated heterocycles. The molecule has 0 aliphatic carbocycles. The Balaban J connectivity index is 1.78. The van der Waals surface area contributed by atoms with Crippen molar-refractivity contribution in [1.29, 1.82) is 0 Å². The molecule has 2 rings (SSSR count). The molecule has 1 amide bonds. The first-order chi connectivity index (χ1) is 12.1. The van der Waals surface area contributed by atoms with Crippen molar-refractivity contribution in [3.63, 3.8) is 0 Å². The highest BCUT2D eigenvalue weighted by molar-refractivity contribution is 5.75. The van der Waals surface area contributed by atoms with E-state index >= 15 is 0 Å². The Kier molecular flexibility index (Phi) is 6.82. The van der Waals surface area contributed by atoms with Crippen LogP contribution in [0, 0.1) is 0 Å². The van der Waals surface area contributed by atoms with Crippen molar-refractivity contribution in [2.45, 2.75) is 45.2 Å². The van der Waals surface area contributed by atoms with Gasteiger partial charge in [-0.15, -0.1) is 0 Å². The van der Waals surface area contributed by atoms with Crippen molar-refractivity contribution < 1.29 is 22.7 Å². The lowest BCUT2D eigenvalue weighted by Gasteiger charge is -2.35. The third-order valence-corrected chi connectivity index (χ3v) is 4.09. The van der Waals surface area contributed by atoms with Crippen LogP contribution < -0.4 is 10.9 Å². The van der Waals surface area contributed by atoms with Crippen molar-refractivity contribution >= 4 is 5.91 Å². The smallest absolute Gasteiger partial charge is 0.373 e. The van der Waals surface area contributed by atoms with Gasteiger partial charge in [0, 0.05) is 38.4 Å². The van der Waals surface area contributed by atoms with E-state index in [1.54, 1.807) is 0 Å². The average Bonchev–Trinajstić information content (AvgIpc) is 2.52. The monoisotopic (exact) mass is 375 g/mol. The van der Waals surface area contributed by atoms with Gasteiger partial charge in [0.15, 0.2) is 0 Å². The zero-order valence-corrected chi connectivity index (χ0v) is 14.9. The lowest BCUT2D eigenvalue weighted by molar-refractivity contribution is -0.138. The van der Waals surface area contributed by atoms with Gasteiger partial charge in [-0.25, -0.2) is 0 Å². The van der Waals surface area contributed by atoms with Gasteiger partial charge in [-0.2, -0.15) is 13.2 Å². The first-order valence-corrected chi connectivity index (χ1v) is 8.57. The highest BCUT2D eigenvalue weighted by Crippen LogP contribution is 2.27. The maximum atomic E-state index is 12.7. The molecule has 1 aromatic heterocycles. The largest absolute Gasteiger partial charge is 0.417 e. The molecule has 2 heterocycles. The minimum atomic E-state index is -4.56. The molecule has 9 heteroatoms. The SMILES string of the molecule is CC1CN(CCCNC(=O)Cn2cc(C(F)(F)F)ccc2=O)CC(C)O1. The van der Waals surface area contributed by atoms with Crippen LogP contribution in [0.25, 0.3) is 0 Å². The number of nitrogens with one attached hydrogen (secondary N) is 1. The summed E-state index contributed by atoms with van der Waals surface area (Å²) < 4.78 is 44.5. The van der Waals surface area contributed by atoms with Gasteiger partial charge in [0.05, 0.1) is 17.8 Å². The highest BCUT2D eigenvalue weighted by Gasteiger charge is 2.31. The molecule has 1 aromatic rings. The predicted molar refractivity (Wildman–Crippen MR) is 89.8 cm³/mol. The van der Waals surface area contributed by atoms with E-state index in [-0.39, 0.29) is 12.2 Å². The maximum absolute atomic E-state index is 12.7. The molecular weight excluding hydrogens is 351 g/mol. The van der Waals surface area contributed by atoms with E-state index in [2.05, 4.69) is 10.2 Å². The number of amides is 1. The van der Waals surface area contributed by atoms with Gasteiger partial charge in [-0.05, 0) is 26.3 Å². The zero-order chi connectivity index (χ0) is 19.3. The number of carbonyl (C=O) groups is 1. The van der Waals surface area contributed by atoms with Crippen LogP contribution in [0.4, 0.5) is 13.2 Å². The number of hydrogen-bond acceptors (Lipinski definition) is 4. The molecule has 0 bridgehead atoms. The van der Waals surface area contributed by atoms with Crippen LogP contribution in [0.3, 0.4) is 0 Å². The zero-order valence-electron chi connectivity index (χ0n) is 14.9. The maximum Gasteiger partial charge on any atom is 0.417 e. The molecule has 0 aromatic carbocycles. The second-order valence-corrected chi connectivity index (χ2v) is 6.60. The number of alkyl halides is 3. The Morgan fingerprint density at radius 3 is 2.54 bits per heavy atom. The molecule has 0 spiro atoms. The van der Waals surface area contributed by atoms with E-state index in [4.69, 9.17) is 4.74 Å². The van der Waals surface area contributed by atoms with Gasteiger partial charge in [0.1, 0.15) is 6.54 Å². The fraction of sp³-hybridized carbons (Fsp3) is 0.647. The lowest BCUT2D eigenvalue weighted by atomic mass is 10.2. The summed E-state index contributed by atoms with van der Waals surface area (Å²) in [5.74, 6) is -0.491. The van der Waals surface area contributed by atoms with Crippen LogP contribution in [0.15, 0.2) is 23.1 Å². The third-order valence-electron chi connectivity index (χ3n) is 4.09. The number of halogens is 3. The molecule has 1 N–H and O–H groups in total. The Hall–Kier alpha value is -1.87. The van der Waals surface area contributed by atoms with Gasteiger partial charge in [0.25, 0.3) is 5.56 Å². The van der Waals surface area contributed by atoms with Crippen molar-refractivity contribution in [2.75, 3.05) is 26.2 Å². The van der Waals surface area contributed by atoms with Crippen molar-refractivity contribution in [1.82, 2.24) is 14.8 Å². The van der Waals surface area contributed by atoms with Crippen LogP contribution in [-0.2, 0) is 22.3 Å². The van der Waals surface area contributed by atoms with E-state index in [9.17, 15) is 22.8 Å². The standard InChI is InChI=1S/C17H24F3N3O3/c1-12-8-22(9-13(2)26-12)7-3-6-21-15(24)11-23-10-14(17(18,19)20)4-5-16(23)25/h4-5,10,12-13H,3,6-9,11H2,1-2H3,(H,21,24). The van der Waals surface area contributed by atoms with Crippen molar-refractivity contribution in [3.05, 3.63) is 34.2 Å². The number of rotatable bonds is 6. The summed E-state index contributed by atoms with van der Waals surface area (Å²) in [5, 5.41) is 2.64. The molecule has 1 fully saturated rings. The summed E-state index contributed by atoms with van der Waals surface area (Å²) in [4.78, 5) is 25.8. The molecule has 1 aliphatic rings. The normalized spacial score (nSPS) is 21.6. The van der Waals surface area contributed by atoms with E-state index in [1.165, 1.54) is 0 Å². The number of carbonyl (C=O) groups excluding carboxylic acids is 1. The van der Waals surface area contributed by atoms with Crippen LogP contribution in [0.5, 0.6) is 0 Å². The summed E-state index contributed by atoms with van der Waals surface area (Å²) >= 11 is 0. The number of aromatic nitrogens is 1. The summed E-state index contributed by atoms with van der Waals surface area (Å²) in [6.07, 6.45) is -2.85. The highest BCUT2D eigenvalue weighted by atomic mass is 19.4. The van der Waals surface area contributed by atoms with Gasteiger partial charge >= 0.3 is 6.18 Å². The lowest BCUT2D eigenvalue weighted by Crippen LogP contribution is -2.46. The van der Waals surface area contributed by atoms with Crippen molar-refractivity contribution in [3.8, 4) is 0 Å². The number of pyridine rings is 1. The quantitative estimate of drug-likeness (QED) is 0.765. The van der Waals surface area contributed by atoms with E-state index in [0.717, 1.165) is 30.3 Å². The minimum absolute atomic E-state index is 0.168. The summed E-state index contributed by atoms with van der Waals surface area (Å²) in [7, 11) is 0. The first-order valence-electron chi connectivity index (χ1n) is 8.57. The summed E-state index contributed by atoms with van der Waals surface area (Å²) in [6, 6.07) is 1.53. The van der Waals surface area contributed by atoms with Crippen LogP contribution in [0.2, 0.25) is 0 Å². The van der Waals surface area contributed by atoms with Gasteiger partial charge in [-0.3, -0.25) is 14.5 Å². The Morgan fingerprint density at radius 1 is 1.27 bits per heavy atom. The Labute approximate surface area is 149 Å². The molecule has 146 valence electrons. The molecule has 1 aliphatic heterocycles.